The van der Waals surface area contributed by atoms with Crippen molar-refractivity contribution in [1.82, 2.24) is 4.90 Å². The van der Waals surface area contributed by atoms with Gasteiger partial charge in [0.1, 0.15) is 0 Å². The molecule has 2 N–H and O–H groups in total. The average Bonchev–Trinajstić information content (AvgIpc) is 2.57. The highest BCUT2D eigenvalue weighted by Gasteiger charge is 2.13. The quantitative estimate of drug-likeness (QED) is 0.813. The Morgan fingerprint density at radius 3 is 2.48 bits per heavy atom. The fourth-order valence-electron chi connectivity index (χ4n) is 2.65. The Kier molecular flexibility index (Phi) is 6.82. The molecule has 0 atom stereocenters. The van der Waals surface area contributed by atoms with E-state index in [1.54, 1.807) is 0 Å². The number of amides is 1. The normalized spacial score (nSPS) is 10.5. The van der Waals surface area contributed by atoms with Crippen LogP contribution < -0.4 is 5.73 Å². The Labute approximate surface area is 139 Å². The van der Waals surface area contributed by atoms with Crippen LogP contribution in [-0.2, 0) is 17.8 Å². The zero-order valence-corrected chi connectivity index (χ0v) is 13.9. The first-order valence-electron chi connectivity index (χ1n) is 8.26. The molecule has 0 unspecified atom stereocenters. The Hall–Kier alpha value is -2.13. The minimum absolute atomic E-state index is 0.198. The number of nitrogens with two attached hydrogens (primary N) is 1. The zero-order valence-electron chi connectivity index (χ0n) is 13.9. The SMILES string of the molecule is Cc1cccc(CCC(=O)N(CCCN)Cc2ccccc2)c1. The van der Waals surface area contributed by atoms with E-state index in [2.05, 4.69) is 37.3 Å². The molecule has 3 heteroatoms. The lowest BCUT2D eigenvalue weighted by Crippen LogP contribution is -2.32. The molecule has 2 aromatic carbocycles. The Morgan fingerprint density at radius 1 is 1.04 bits per heavy atom. The van der Waals surface area contributed by atoms with Crippen LogP contribution in [0.1, 0.15) is 29.5 Å². The van der Waals surface area contributed by atoms with Gasteiger partial charge in [-0.3, -0.25) is 4.79 Å². The summed E-state index contributed by atoms with van der Waals surface area (Å²) in [7, 11) is 0. The van der Waals surface area contributed by atoms with Crippen molar-refractivity contribution in [1.29, 1.82) is 0 Å². The van der Waals surface area contributed by atoms with E-state index in [0.717, 1.165) is 24.9 Å². The topological polar surface area (TPSA) is 46.3 Å². The first-order chi connectivity index (χ1) is 11.2. The first-order valence-corrected chi connectivity index (χ1v) is 8.26. The van der Waals surface area contributed by atoms with Gasteiger partial charge in [-0.05, 0) is 37.4 Å². The van der Waals surface area contributed by atoms with E-state index in [4.69, 9.17) is 5.73 Å². The number of hydrogen-bond donors (Lipinski definition) is 1. The molecule has 0 spiro atoms. The zero-order chi connectivity index (χ0) is 16.5. The third-order valence-electron chi connectivity index (χ3n) is 3.91. The summed E-state index contributed by atoms with van der Waals surface area (Å²) >= 11 is 0. The molecule has 0 aliphatic rings. The number of carbonyl (C=O) groups excluding carboxylic acids is 1. The smallest absolute Gasteiger partial charge is 0.223 e. The van der Waals surface area contributed by atoms with Gasteiger partial charge in [0.25, 0.3) is 0 Å². The van der Waals surface area contributed by atoms with Crippen molar-refractivity contribution in [2.45, 2.75) is 32.7 Å². The summed E-state index contributed by atoms with van der Waals surface area (Å²) in [4.78, 5) is 14.5. The van der Waals surface area contributed by atoms with Crippen LogP contribution in [0.3, 0.4) is 0 Å². The van der Waals surface area contributed by atoms with Crippen molar-refractivity contribution in [3.63, 3.8) is 0 Å². The molecule has 0 bridgehead atoms. The summed E-state index contributed by atoms with van der Waals surface area (Å²) in [5.74, 6) is 0.198. The number of hydrogen-bond acceptors (Lipinski definition) is 2. The molecule has 0 fully saturated rings. The van der Waals surface area contributed by atoms with Crippen LogP contribution in [-0.4, -0.2) is 23.9 Å². The molecule has 3 nitrogen and oxygen atoms in total. The molecule has 0 saturated carbocycles. The maximum absolute atomic E-state index is 12.6. The van der Waals surface area contributed by atoms with Crippen LogP contribution in [0.2, 0.25) is 0 Å². The molecule has 23 heavy (non-hydrogen) atoms. The monoisotopic (exact) mass is 310 g/mol. The van der Waals surface area contributed by atoms with E-state index < -0.39 is 0 Å². The maximum atomic E-state index is 12.6. The Balaban J connectivity index is 1.95. The fraction of sp³-hybridized carbons (Fsp3) is 0.350. The molecule has 1 amide bonds. The predicted molar refractivity (Wildman–Crippen MR) is 95.0 cm³/mol. The number of benzene rings is 2. The summed E-state index contributed by atoms with van der Waals surface area (Å²) in [6.45, 7) is 4.07. The molecule has 0 aromatic heterocycles. The van der Waals surface area contributed by atoms with Crippen LogP contribution in [0.5, 0.6) is 0 Å². The maximum Gasteiger partial charge on any atom is 0.223 e. The summed E-state index contributed by atoms with van der Waals surface area (Å²) in [6, 6.07) is 18.5. The van der Waals surface area contributed by atoms with Crippen molar-refractivity contribution in [3.8, 4) is 0 Å². The largest absolute Gasteiger partial charge is 0.338 e. The molecular weight excluding hydrogens is 284 g/mol. The van der Waals surface area contributed by atoms with Crippen LogP contribution in [0, 0.1) is 6.92 Å². The molecule has 0 aliphatic carbocycles. The van der Waals surface area contributed by atoms with Crippen molar-refractivity contribution in [2.24, 2.45) is 5.73 Å². The van der Waals surface area contributed by atoms with Crippen molar-refractivity contribution >= 4 is 5.91 Å². The number of carbonyl (C=O) groups is 1. The molecule has 0 radical (unpaired) electrons. The third-order valence-corrected chi connectivity index (χ3v) is 3.91. The highest BCUT2D eigenvalue weighted by Crippen LogP contribution is 2.11. The lowest BCUT2D eigenvalue weighted by Gasteiger charge is -2.23. The van der Waals surface area contributed by atoms with E-state index in [9.17, 15) is 4.79 Å². The van der Waals surface area contributed by atoms with Gasteiger partial charge in [-0.1, -0.05) is 60.2 Å². The molecular formula is C20H26N2O. The molecule has 0 aliphatic heterocycles. The lowest BCUT2D eigenvalue weighted by molar-refractivity contribution is -0.131. The van der Waals surface area contributed by atoms with Crippen molar-refractivity contribution in [3.05, 3.63) is 71.3 Å². The van der Waals surface area contributed by atoms with Gasteiger partial charge < -0.3 is 10.6 Å². The van der Waals surface area contributed by atoms with E-state index in [-0.39, 0.29) is 5.91 Å². The summed E-state index contributed by atoms with van der Waals surface area (Å²) in [5.41, 5.74) is 9.23. The third kappa shape index (κ3) is 5.87. The first kappa shape index (κ1) is 17.2. The summed E-state index contributed by atoms with van der Waals surface area (Å²) in [5, 5.41) is 0. The number of rotatable bonds is 8. The van der Waals surface area contributed by atoms with Crippen molar-refractivity contribution < 1.29 is 4.79 Å². The molecule has 2 rings (SSSR count). The van der Waals surface area contributed by atoms with Crippen LogP contribution in [0.4, 0.5) is 0 Å². The molecule has 0 heterocycles. The Bertz CT molecular complexity index is 610. The van der Waals surface area contributed by atoms with Gasteiger partial charge >= 0.3 is 0 Å². The van der Waals surface area contributed by atoms with Gasteiger partial charge in [0.15, 0.2) is 0 Å². The van der Waals surface area contributed by atoms with Crippen LogP contribution in [0.15, 0.2) is 54.6 Å². The van der Waals surface area contributed by atoms with E-state index in [0.29, 0.717) is 19.5 Å². The van der Waals surface area contributed by atoms with Crippen LogP contribution >= 0.6 is 0 Å². The van der Waals surface area contributed by atoms with Crippen molar-refractivity contribution in [2.75, 3.05) is 13.1 Å². The average molecular weight is 310 g/mol. The predicted octanol–water partition coefficient (Wildman–Crippen LogP) is 3.31. The number of aryl methyl sites for hydroxylation is 2. The lowest BCUT2D eigenvalue weighted by atomic mass is 10.1. The van der Waals surface area contributed by atoms with E-state index in [1.165, 1.54) is 11.1 Å². The second-order valence-electron chi connectivity index (χ2n) is 5.93. The minimum Gasteiger partial charge on any atom is -0.338 e. The van der Waals surface area contributed by atoms with Gasteiger partial charge in [0.05, 0.1) is 0 Å². The number of nitrogens with zero attached hydrogens (tertiary/aromatic N) is 1. The summed E-state index contributed by atoms with van der Waals surface area (Å²) in [6.07, 6.45) is 2.16. The second kappa shape index (κ2) is 9.11. The molecule has 122 valence electrons. The Morgan fingerprint density at radius 2 is 1.78 bits per heavy atom. The van der Waals surface area contributed by atoms with Gasteiger partial charge in [-0.25, -0.2) is 0 Å². The van der Waals surface area contributed by atoms with Gasteiger partial charge in [0.2, 0.25) is 5.91 Å². The molecule has 2 aromatic rings. The van der Waals surface area contributed by atoms with E-state index >= 15 is 0 Å². The highest BCUT2D eigenvalue weighted by atomic mass is 16.2. The second-order valence-corrected chi connectivity index (χ2v) is 5.93. The van der Waals surface area contributed by atoms with Gasteiger partial charge in [-0.15, -0.1) is 0 Å². The van der Waals surface area contributed by atoms with E-state index in [1.807, 2.05) is 29.2 Å². The van der Waals surface area contributed by atoms with Gasteiger partial charge in [0, 0.05) is 19.5 Å². The standard InChI is InChI=1S/C20H26N2O/c1-17-7-5-10-18(15-17)11-12-20(23)22(14-6-13-21)16-19-8-3-2-4-9-19/h2-5,7-10,15H,6,11-14,16,21H2,1H3. The van der Waals surface area contributed by atoms with Crippen LogP contribution in [0.25, 0.3) is 0 Å². The fourth-order valence-corrected chi connectivity index (χ4v) is 2.65. The molecule has 0 saturated heterocycles. The summed E-state index contributed by atoms with van der Waals surface area (Å²) < 4.78 is 0. The minimum atomic E-state index is 0.198. The highest BCUT2D eigenvalue weighted by molar-refractivity contribution is 5.76. The van der Waals surface area contributed by atoms with Gasteiger partial charge in [-0.2, -0.15) is 0 Å².